The van der Waals surface area contributed by atoms with E-state index in [-0.39, 0.29) is 12.4 Å². The van der Waals surface area contributed by atoms with Gasteiger partial charge in [0.1, 0.15) is 0 Å². The van der Waals surface area contributed by atoms with Gasteiger partial charge in [0.05, 0.1) is 0 Å². The van der Waals surface area contributed by atoms with Crippen molar-refractivity contribution in [1.82, 2.24) is 4.90 Å². The second-order valence-corrected chi connectivity index (χ2v) is 6.98. The molecule has 1 atom stereocenters. The monoisotopic (exact) mass is 315 g/mol. The third-order valence-corrected chi connectivity index (χ3v) is 4.83. The molecule has 114 valence electrons. The fourth-order valence-corrected chi connectivity index (χ4v) is 3.39. The van der Waals surface area contributed by atoms with Crippen LogP contribution in [0, 0.1) is 5.92 Å². The molecule has 0 saturated heterocycles. The van der Waals surface area contributed by atoms with Gasteiger partial charge < -0.3 is 4.90 Å². The number of halogens is 2. The van der Waals surface area contributed by atoms with E-state index < -0.39 is 0 Å². The van der Waals surface area contributed by atoms with Crippen molar-refractivity contribution in [3.05, 3.63) is 34.9 Å². The second-order valence-electron chi connectivity index (χ2n) is 6.54. The summed E-state index contributed by atoms with van der Waals surface area (Å²) in [5.74, 6) is 0.790. The topological polar surface area (TPSA) is 3.24 Å². The average molecular weight is 316 g/mol. The summed E-state index contributed by atoms with van der Waals surface area (Å²) in [6.07, 6.45) is 6.69. The molecule has 0 aromatic heterocycles. The lowest BCUT2D eigenvalue weighted by Crippen LogP contribution is -2.36. The fourth-order valence-electron chi connectivity index (χ4n) is 3.27. The summed E-state index contributed by atoms with van der Waals surface area (Å²) in [5, 5.41) is 0.846. The summed E-state index contributed by atoms with van der Waals surface area (Å²) in [7, 11) is 4.32. The van der Waals surface area contributed by atoms with Gasteiger partial charge in [0.2, 0.25) is 0 Å². The molecule has 1 nitrogen and oxygen atoms in total. The molecule has 20 heavy (non-hydrogen) atoms. The molecule has 1 aliphatic carbocycles. The van der Waals surface area contributed by atoms with Gasteiger partial charge in [0.25, 0.3) is 0 Å². The summed E-state index contributed by atoms with van der Waals surface area (Å²) in [6, 6.07) is 8.56. The maximum absolute atomic E-state index is 6.01. The molecule has 2 rings (SSSR count). The summed E-state index contributed by atoms with van der Waals surface area (Å²) < 4.78 is 0. The van der Waals surface area contributed by atoms with Crippen molar-refractivity contribution in [2.45, 2.75) is 44.4 Å². The Hall–Kier alpha value is -0.240. The number of rotatable bonds is 6. The highest BCUT2D eigenvalue weighted by Gasteiger charge is 2.39. The standard InChI is InChI=1S/C17H26ClN.ClH/c1-14(9-12-19(2)3)13-17(10-4-11-17)15-5-7-16(18)8-6-15;/h5-8,14H,4,9-13H2,1-3H3;1H. The van der Waals surface area contributed by atoms with Crippen LogP contribution in [0.1, 0.15) is 44.6 Å². The first-order valence-electron chi connectivity index (χ1n) is 7.43. The molecule has 1 aromatic carbocycles. The van der Waals surface area contributed by atoms with Crippen molar-refractivity contribution in [2.75, 3.05) is 20.6 Å². The number of nitrogens with zero attached hydrogens (tertiary/aromatic N) is 1. The summed E-state index contributed by atoms with van der Waals surface area (Å²) in [4.78, 5) is 2.28. The molecule has 0 N–H and O–H groups in total. The summed E-state index contributed by atoms with van der Waals surface area (Å²) in [5.41, 5.74) is 1.94. The lowest BCUT2D eigenvalue weighted by Gasteiger charge is -2.44. The molecule has 1 aliphatic rings. The number of benzene rings is 1. The van der Waals surface area contributed by atoms with Gasteiger partial charge in [-0.2, -0.15) is 0 Å². The molecular formula is C17H27Cl2N. The SMILES string of the molecule is CC(CCN(C)C)CC1(c2ccc(Cl)cc2)CCC1.Cl. The third kappa shape index (κ3) is 4.38. The van der Waals surface area contributed by atoms with Crippen LogP contribution in [0.15, 0.2) is 24.3 Å². The van der Waals surface area contributed by atoms with Crippen molar-refractivity contribution in [3.8, 4) is 0 Å². The van der Waals surface area contributed by atoms with Crippen molar-refractivity contribution in [3.63, 3.8) is 0 Å². The Morgan fingerprint density at radius 2 is 1.80 bits per heavy atom. The molecule has 1 saturated carbocycles. The Bertz CT molecular complexity index is 396. The van der Waals surface area contributed by atoms with Gasteiger partial charge in [-0.05, 0) is 75.4 Å². The lowest BCUT2D eigenvalue weighted by molar-refractivity contribution is 0.185. The second kappa shape index (κ2) is 7.68. The maximum Gasteiger partial charge on any atom is 0.0406 e. The van der Waals surface area contributed by atoms with Crippen molar-refractivity contribution >= 4 is 24.0 Å². The van der Waals surface area contributed by atoms with E-state index in [1.54, 1.807) is 0 Å². The predicted octanol–water partition coefficient (Wildman–Crippen LogP) is 5.16. The zero-order chi connectivity index (χ0) is 13.9. The summed E-state index contributed by atoms with van der Waals surface area (Å²) in [6.45, 7) is 3.59. The highest BCUT2D eigenvalue weighted by atomic mass is 35.5. The molecule has 1 unspecified atom stereocenters. The van der Waals surface area contributed by atoms with Crippen LogP contribution in [0.25, 0.3) is 0 Å². The highest BCUT2D eigenvalue weighted by Crippen LogP contribution is 2.48. The van der Waals surface area contributed by atoms with Crippen molar-refractivity contribution in [1.29, 1.82) is 0 Å². The van der Waals surface area contributed by atoms with E-state index in [0.29, 0.717) is 5.41 Å². The highest BCUT2D eigenvalue weighted by molar-refractivity contribution is 6.30. The molecule has 0 spiro atoms. The lowest BCUT2D eigenvalue weighted by atomic mass is 9.60. The Morgan fingerprint density at radius 1 is 1.20 bits per heavy atom. The van der Waals surface area contributed by atoms with Crippen LogP contribution in [0.3, 0.4) is 0 Å². The van der Waals surface area contributed by atoms with Gasteiger partial charge in [-0.25, -0.2) is 0 Å². The fraction of sp³-hybridized carbons (Fsp3) is 0.647. The van der Waals surface area contributed by atoms with Gasteiger partial charge in [-0.3, -0.25) is 0 Å². The van der Waals surface area contributed by atoms with Gasteiger partial charge >= 0.3 is 0 Å². The molecule has 1 aromatic rings. The van der Waals surface area contributed by atoms with E-state index in [0.717, 1.165) is 10.9 Å². The Morgan fingerprint density at radius 3 is 2.25 bits per heavy atom. The molecule has 0 heterocycles. The van der Waals surface area contributed by atoms with Gasteiger partial charge in [-0.1, -0.05) is 37.1 Å². The predicted molar refractivity (Wildman–Crippen MR) is 91.2 cm³/mol. The maximum atomic E-state index is 6.01. The molecule has 0 aliphatic heterocycles. The molecule has 0 radical (unpaired) electrons. The van der Waals surface area contributed by atoms with E-state index in [9.17, 15) is 0 Å². The molecule has 3 heteroatoms. The van der Waals surface area contributed by atoms with Gasteiger partial charge in [0.15, 0.2) is 0 Å². The van der Waals surface area contributed by atoms with Crippen molar-refractivity contribution in [2.24, 2.45) is 5.92 Å². The van der Waals surface area contributed by atoms with Crippen LogP contribution < -0.4 is 0 Å². The van der Waals surface area contributed by atoms with Crippen molar-refractivity contribution < 1.29 is 0 Å². The van der Waals surface area contributed by atoms with E-state index in [4.69, 9.17) is 11.6 Å². The zero-order valence-electron chi connectivity index (χ0n) is 12.9. The van der Waals surface area contributed by atoms with Crippen LogP contribution in [-0.2, 0) is 5.41 Å². The van der Waals surface area contributed by atoms with E-state index in [2.05, 4.69) is 38.1 Å². The first kappa shape index (κ1) is 17.8. The van der Waals surface area contributed by atoms with Gasteiger partial charge in [-0.15, -0.1) is 12.4 Å². The van der Waals surface area contributed by atoms with Crippen LogP contribution >= 0.6 is 24.0 Å². The number of hydrogen-bond donors (Lipinski definition) is 0. The average Bonchev–Trinajstić information content (AvgIpc) is 2.32. The smallest absolute Gasteiger partial charge is 0.0406 e. The van der Waals surface area contributed by atoms with Crippen LogP contribution in [0.2, 0.25) is 5.02 Å². The molecule has 0 bridgehead atoms. The normalized spacial score (nSPS) is 18.2. The minimum absolute atomic E-state index is 0. The minimum Gasteiger partial charge on any atom is -0.309 e. The van der Waals surface area contributed by atoms with E-state index in [1.807, 2.05) is 12.1 Å². The van der Waals surface area contributed by atoms with E-state index in [1.165, 1.54) is 44.2 Å². The Labute approximate surface area is 135 Å². The quantitative estimate of drug-likeness (QED) is 0.700. The molecule has 0 amide bonds. The first-order chi connectivity index (χ1) is 9.02. The minimum atomic E-state index is 0. The third-order valence-electron chi connectivity index (χ3n) is 4.58. The Kier molecular flexibility index (Phi) is 6.84. The van der Waals surface area contributed by atoms with Gasteiger partial charge in [0, 0.05) is 5.02 Å². The van der Waals surface area contributed by atoms with E-state index >= 15 is 0 Å². The summed E-state index contributed by atoms with van der Waals surface area (Å²) >= 11 is 6.01. The number of hydrogen-bond acceptors (Lipinski definition) is 1. The zero-order valence-corrected chi connectivity index (χ0v) is 14.4. The Balaban J connectivity index is 0.00000200. The van der Waals surface area contributed by atoms with Crippen LogP contribution in [-0.4, -0.2) is 25.5 Å². The largest absolute Gasteiger partial charge is 0.309 e. The molecule has 1 fully saturated rings. The molecular weight excluding hydrogens is 289 g/mol. The van der Waals surface area contributed by atoms with Crippen LogP contribution in [0.5, 0.6) is 0 Å². The first-order valence-corrected chi connectivity index (χ1v) is 7.80. The van der Waals surface area contributed by atoms with Crippen LogP contribution in [0.4, 0.5) is 0 Å².